The lowest BCUT2D eigenvalue weighted by molar-refractivity contribution is 0.612. The highest BCUT2D eigenvalue weighted by molar-refractivity contribution is 6.32. The molecule has 0 radical (unpaired) electrons. The first kappa shape index (κ1) is 11.7. The third-order valence-electron chi connectivity index (χ3n) is 2.12. The molecule has 17 heavy (non-hydrogen) atoms. The largest absolute Gasteiger partial charge is 0.368 e. The average molecular weight is 256 g/mol. The Hall–Kier alpha value is -1.82. The Balaban J connectivity index is 2.52. The second kappa shape index (κ2) is 4.58. The monoisotopic (exact) mass is 255 g/mol. The Morgan fingerprint density at radius 2 is 2.29 bits per heavy atom. The third kappa shape index (κ3) is 2.16. The first-order valence-electron chi connectivity index (χ1n) is 5.04. The van der Waals surface area contributed by atoms with Crippen molar-refractivity contribution in [1.29, 1.82) is 0 Å². The van der Waals surface area contributed by atoms with Crippen molar-refractivity contribution >= 4 is 23.5 Å². The van der Waals surface area contributed by atoms with Crippen LogP contribution in [0.3, 0.4) is 0 Å². The van der Waals surface area contributed by atoms with E-state index in [1.54, 1.807) is 6.07 Å². The molecule has 0 saturated heterocycles. The highest BCUT2D eigenvalue weighted by Crippen LogP contribution is 2.25. The minimum Gasteiger partial charge on any atom is -0.368 e. The molecular formula is C10H11ClFN5. The van der Waals surface area contributed by atoms with Crippen molar-refractivity contribution in [3.8, 4) is 5.69 Å². The van der Waals surface area contributed by atoms with Gasteiger partial charge in [-0.15, -0.1) is 5.10 Å². The van der Waals surface area contributed by atoms with Crippen molar-refractivity contribution in [3.05, 3.63) is 29.0 Å². The minimum absolute atomic E-state index is 0.0768. The van der Waals surface area contributed by atoms with Crippen LogP contribution >= 0.6 is 11.6 Å². The highest BCUT2D eigenvalue weighted by Gasteiger charge is 2.15. The van der Waals surface area contributed by atoms with Crippen molar-refractivity contribution in [2.75, 3.05) is 17.6 Å². The van der Waals surface area contributed by atoms with Gasteiger partial charge < -0.3 is 11.1 Å². The molecule has 0 aliphatic carbocycles. The van der Waals surface area contributed by atoms with Gasteiger partial charge in [-0.1, -0.05) is 17.7 Å². The maximum atomic E-state index is 13.7. The van der Waals surface area contributed by atoms with E-state index in [2.05, 4.69) is 15.4 Å². The summed E-state index contributed by atoms with van der Waals surface area (Å²) >= 11 is 5.92. The van der Waals surface area contributed by atoms with Crippen molar-refractivity contribution in [1.82, 2.24) is 14.8 Å². The molecule has 1 heterocycles. The SMILES string of the molecule is CCNc1nc(N)n(-c2c(F)cccc2Cl)n1. The van der Waals surface area contributed by atoms with Crippen LogP contribution in [-0.4, -0.2) is 21.3 Å². The Bertz CT molecular complexity index is 519. The maximum Gasteiger partial charge on any atom is 0.244 e. The third-order valence-corrected chi connectivity index (χ3v) is 2.42. The normalized spacial score (nSPS) is 10.5. The number of aromatic nitrogens is 3. The van der Waals surface area contributed by atoms with E-state index >= 15 is 0 Å². The van der Waals surface area contributed by atoms with Crippen LogP contribution < -0.4 is 11.1 Å². The summed E-state index contributed by atoms with van der Waals surface area (Å²) < 4.78 is 14.8. The molecular weight excluding hydrogens is 245 g/mol. The Labute approximate surface area is 102 Å². The fourth-order valence-electron chi connectivity index (χ4n) is 1.41. The standard InChI is InChI=1S/C10H11ClFN5/c1-2-14-10-15-9(13)17(16-10)8-6(11)4-3-5-7(8)12/h3-5H,2H2,1H3,(H3,13,14,15,16). The molecule has 7 heteroatoms. The van der Waals surface area contributed by atoms with Crippen molar-refractivity contribution in [3.63, 3.8) is 0 Å². The molecule has 2 rings (SSSR count). The van der Waals surface area contributed by atoms with Gasteiger partial charge in [0, 0.05) is 6.54 Å². The average Bonchev–Trinajstić information content (AvgIpc) is 2.60. The van der Waals surface area contributed by atoms with Gasteiger partial charge in [0.1, 0.15) is 5.69 Å². The van der Waals surface area contributed by atoms with E-state index in [-0.39, 0.29) is 16.7 Å². The van der Waals surface area contributed by atoms with E-state index in [1.807, 2.05) is 6.92 Å². The molecule has 1 aromatic heterocycles. The number of hydrogen-bond donors (Lipinski definition) is 2. The smallest absolute Gasteiger partial charge is 0.244 e. The van der Waals surface area contributed by atoms with Crippen LogP contribution in [0.2, 0.25) is 5.02 Å². The fraction of sp³-hybridized carbons (Fsp3) is 0.200. The van der Waals surface area contributed by atoms with Crippen LogP contribution in [0.4, 0.5) is 16.3 Å². The van der Waals surface area contributed by atoms with Crippen molar-refractivity contribution < 1.29 is 4.39 Å². The van der Waals surface area contributed by atoms with Gasteiger partial charge in [0.25, 0.3) is 0 Å². The number of nitrogens with zero attached hydrogens (tertiary/aromatic N) is 3. The molecule has 0 bridgehead atoms. The summed E-state index contributed by atoms with van der Waals surface area (Å²) in [6, 6.07) is 4.36. The number of hydrogen-bond acceptors (Lipinski definition) is 4. The van der Waals surface area contributed by atoms with Crippen LogP contribution in [0.1, 0.15) is 6.92 Å². The number of rotatable bonds is 3. The van der Waals surface area contributed by atoms with Gasteiger partial charge in [-0.2, -0.15) is 9.67 Å². The molecule has 0 unspecified atom stereocenters. The van der Waals surface area contributed by atoms with Crippen LogP contribution in [0, 0.1) is 5.82 Å². The lowest BCUT2D eigenvalue weighted by atomic mass is 10.3. The number of para-hydroxylation sites is 1. The Kier molecular flexibility index (Phi) is 3.14. The molecule has 0 atom stereocenters. The topological polar surface area (TPSA) is 68.8 Å². The second-order valence-electron chi connectivity index (χ2n) is 3.31. The number of anilines is 2. The quantitative estimate of drug-likeness (QED) is 0.881. The summed E-state index contributed by atoms with van der Waals surface area (Å²) in [4.78, 5) is 3.95. The first-order chi connectivity index (χ1) is 8.13. The van der Waals surface area contributed by atoms with Gasteiger partial charge in [-0.3, -0.25) is 0 Å². The number of halogens is 2. The number of nitrogens with one attached hydrogen (secondary N) is 1. The van der Waals surface area contributed by atoms with Crippen LogP contribution in [0.15, 0.2) is 18.2 Å². The predicted octanol–water partition coefficient (Wildman–Crippen LogP) is 2.07. The number of nitrogen functional groups attached to an aromatic ring is 1. The molecule has 0 saturated carbocycles. The van der Waals surface area contributed by atoms with E-state index in [4.69, 9.17) is 17.3 Å². The summed E-state index contributed by atoms with van der Waals surface area (Å²) in [6.07, 6.45) is 0. The van der Waals surface area contributed by atoms with Gasteiger partial charge >= 0.3 is 0 Å². The van der Waals surface area contributed by atoms with E-state index in [0.29, 0.717) is 12.5 Å². The van der Waals surface area contributed by atoms with E-state index in [9.17, 15) is 4.39 Å². The lowest BCUT2D eigenvalue weighted by Crippen LogP contribution is -2.05. The van der Waals surface area contributed by atoms with Crippen molar-refractivity contribution in [2.45, 2.75) is 6.92 Å². The Morgan fingerprint density at radius 3 is 2.94 bits per heavy atom. The molecule has 3 N–H and O–H groups in total. The molecule has 90 valence electrons. The molecule has 2 aromatic rings. The minimum atomic E-state index is -0.503. The van der Waals surface area contributed by atoms with Crippen LogP contribution in [-0.2, 0) is 0 Å². The molecule has 1 aromatic carbocycles. The van der Waals surface area contributed by atoms with E-state index in [0.717, 1.165) is 0 Å². The maximum absolute atomic E-state index is 13.7. The summed E-state index contributed by atoms with van der Waals surface area (Å²) in [5, 5.41) is 7.15. The summed E-state index contributed by atoms with van der Waals surface area (Å²) in [5.41, 5.74) is 5.77. The molecule has 0 amide bonds. The zero-order valence-electron chi connectivity index (χ0n) is 9.11. The zero-order valence-corrected chi connectivity index (χ0v) is 9.87. The Morgan fingerprint density at radius 1 is 1.53 bits per heavy atom. The molecule has 5 nitrogen and oxygen atoms in total. The van der Waals surface area contributed by atoms with Gasteiger partial charge in [-0.05, 0) is 19.1 Å². The highest BCUT2D eigenvalue weighted by atomic mass is 35.5. The van der Waals surface area contributed by atoms with Gasteiger partial charge in [-0.25, -0.2) is 4.39 Å². The van der Waals surface area contributed by atoms with E-state index in [1.165, 1.54) is 16.8 Å². The summed E-state index contributed by atoms with van der Waals surface area (Å²) in [7, 11) is 0. The fourth-order valence-corrected chi connectivity index (χ4v) is 1.66. The second-order valence-corrected chi connectivity index (χ2v) is 3.71. The molecule has 0 aliphatic rings. The molecule has 0 fully saturated rings. The number of nitrogens with two attached hydrogens (primary N) is 1. The van der Waals surface area contributed by atoms with Crippen LogP contribution in [0.25, 0.3) is 5.69 Å². The van der Waals surface area contributed by atoms with Gasteiger partial charge in [0.05, 0.1) is 5.02 Å². The summed E-state index contributed by atoms with van der Waals surface area (Å²) in [6.45, 7) is 2.54. The van der Waals surface area contributed by atoms with Crippen LogP contribution in [0.5, 0.6) is 0 Å². The zero-order chi connectivity index (χ0) is 12.4. The first-order valence-corrected chi connectivity index (χ1v) is 5.42. The lowest BCUT2D eigenvalue weighted by Gasteiger charge is -2.05. The van der Waals surface area contributed by atoms with Gasteiger partial charge in [0.15, 0.2) is 5.82 Å². The van der Waals surface area contributed by atoms with E-state index < -0.39 is 5.82 Å². The van der Waals surface area contributed by atoms with Crippen molar-refractivity contribution in [2.24, 2.45) is 0 Å². The van der Waals surface area contributed by atoms with Gasteiger partial charge in [0.2, 0.25) is 11.9 Å². The summed E-state index contributed by atoms with van der Waals surface area (Å²) in [5.74, 6) is -0.0885. The predicted molar refractivity (Wildman–Crippen MR) is 64.9 cm³/mol. The number of benzene rings is 1. The molecule has 0 spiro atoms. The molecule has 0 aliphatic heterocycles.